The molecule has 1 aliphatic heterocycles. The van der Waals surface area contributed by atoms with E-state index in [1.165, 1.54) is 16.8 Å². The summed E-state index contributed by atoms with van der Waals surface area (Å²) < 4.78 is 27.0. The largest absolute Gasteiger partial charge is 0.493 e. The molecule has 5 aromatic carbocycles. The van der Waals surface area contributed by atoms with Gasteiger partial charge in [0.1, 0.15) is 33.4 Å². The van der Waals surface area contributed by atoms with E-state index in [4.69, 9.17) is 18.9 Å². The van der Waals surface area contributed by atoms with Crippen LogP contribution in [0, 0.1) is 0 Å². The summed E-state index contributed by atoms with van der Waals surface area (Å²) in [6, 6.07) is 41.2. The minimum Gasteiger partial charge on any atom is -0.493 e. The van der Waals surface area contributed by atoms with Gasteiger partial charge in [0.05, 0.1) is 13.5 Å². The van der Waals surface area contributed by atoms with Gasteiger partial charge in [-0.2, -0.15) is 0 Å². The summed E-state index contributed by atoms with van der Waals surface area (Å²) in [7, 11) is 3.84. The van der Waals surface area contributed by atoms with Gasteiger partial charge in [0, 0.05) is 12.0 Å². The third kappa shape index (κ3) is 7.12. The van der Waals surface area contributed by atoms with Crippen LogP contribution >= 0.6 is 0 Å². The van der Waals surface area contributed by atoms with Crippen molar-refractivity contribution >= 4 is 5.71 Å². The molecule has 0 saturated heterocycles. The van der Waals surface area contributed by atoms with Crippen molar-refractivity contribution in [3.63, 3.8) is 0 Å². The molecule has 0 saturated carbocycles. The lowest BCUT2D eigenvalue weighted by Crippen LogP contribution is -2.29. The summed E-state index contributed by atoms with van der Waals surface area (Å²) in [6.45, 7) is 2.36. The lowest BCUT2D eigenvalue weighted by atomic mass is 9.92. The first kappa shape index (κ1) is 29.1. The molecule has 0 aliphatic carbocycles. The molecule has 0 aromatic heterocycles. The number of fused-ring (bicyclic) bond motifs is 1. The first-order valence-corrected chi connectivity index (χ1v) is 15.1. The third-order valence-electron chi connectivity index (χ3n) is 7.97. The van der Waals surface area contributed by atoms with E-state index in [-0.39, 0.29) is 0 Å². The van der Waals surface area contributed by atoms with Crippen molar-refractivity contribution in [3.05, 3.63) is 155 Å². The molecule has 1 heterocycles. The van der Waals surface area contributed by atoms with Crippen molar-refractivity contribution in [1.82, 2.24) is 0 Å². The first-order valence-electron chi connectivity index (χ1n) is 15.1. The molecule has 222 valence electrons. The van der Waals surface area contributed by atoms with E-state index in [1.54, 1.807) is 7.11 Å². The Kier molecular flexibility index (Phi) is 9.22. The fraction of sp³-hybridized carbons (Fsp3) is 0.205. The number of methoxy groups -OCH3 is 1. The van der Waals surface area contributed by atoms with E-state index in [0.29, 0.717) is 19.8 Å². The Morgan fingerprint density at radius 3 is 1.57 bits per heavy atom. The summed E-state index contributed by atoms with van der Waals surface area (Å²) in [5, 5.41) is 0. The molecule has 5 heteroatoms. The number of benzene rings is 5. The summed E-state index contributed by atoms with van der Waals surface area (Å²) in [4.78, 5) is 0. The number of hydrogen-bond acceptors (Lipinski definition) is 4. The Balaban J connectivity index is 1.28. The summed E-state index contributed by atoms with van der Waals surface area (Å²) in [6.07, 6.45) is 1.68. The maximum atomic E-state index is 6.44. The van der Waals surface area contributed by atoms with Crippen LogP contribution in [0.3, 0.4) is 0 Å². The highest BCUT2D eigenvalue weighted by molar-refractivity contribution is 6.00. The Hall–Kier alpha value is -5.03. The quantitative estimate of drug-likeness (QED) is 0.141. The molecule has 0 unspecified atom stereocenters. The topological polar surface area (TPSA) is 39.9 Å². The van der Waals surface area contributed by atoms with Gasteiger partial charge in [-0.25, -0.2) is 4.58 Å². The monoisotopic (exact) mass is 584 g/mol. The van der Waals surface area contributed by atoms with Crippen molar-refractivity contribution in [1.29, 1.82) is 0 Å². The SMILES string of the molecule is COc1ccc(CC2=[N+](C)CCc3cc(OCc4ccccc4)c(OCc4ccccc4)cc32)cc1OCc1ccccc1. The average Bonchev–Trinajstić information content (AvgIpc) is 3.08. The summed E-state index contributed by atoms with van der Waals surface area (Å²) >= 11 is 0. The van der Waals surface area contributed by atoms with Gasteiger partial charge in [0.25, 0.3) is 0 Å². The van der Waals surface area contributed by atoms with Gasteiger partial charge < -0.3 is 18.9 Å². The molecular formula is C39H38NO4+. The summed E-state index contributed by atoms with van der Waals surface area (Å²) in [5.74, 6) is 2.99. The predicted octanol–water partition coefficient (Wildman–Crippen LogP) is 7.66. The fourth-order valence-corrected chi connectivity index (χ4v) is 5.51. The molecule has 0 radical (unpaired) electrons. The second-order valence-corrected chi connectivity index (χ2v) is 11.1. The molecule has 0 N–H and O–H groups in total. The molecule has 1 aliphatic rings. The van der Waals surface area contributed by atoms with Gasteiger partial charge in [-0.15, -0.1) is 0 Å². The average molecular weight is 585 g/mol. The molecule has 5 nitrogen and oxygen atoms in total. The van der Waals surface area contributed by atoms with Gasteiger partial charge >= 0.3 is 0 Å². The van der Waals surface area contributed by atoms with Gasteiger partial charge in [-0.1, -0.05) is 97.1 Å². The lowest BCUT2D eigenvalue weighted by Gasteiger charge is -2.21. The smallest absolute Gasteiger partial charge is 0.187 e. The molecule has 5 aromatic rings. The van der Waals surface area contributed by atoms with Crippen molar-refractivity contribution in [2.24, 2.45) is 0 Å². The molecular weight excluding hydrogens is 546 g/mol. The number of nitrogens with zero attached hydrogens (tertiary/aromatic N) is 1. The van der Waals surface area contributed by atoms with Crippen LogP contribution in [-0.4, -0.2) is 31.0 Å². The minimum atomic E-state index is 0.465. The van der Waals surface area contributed by atoms with Crippen LogP contribution in [0.5, 0.6) is 23.0 Å². The number of hydrogen-bond donors (Lipinski definition) is 0. The van der Waals surface area contributed by atoms with Crippen molar-refractivity contribution in [3.8, 4) is 23.0 Å². The zero-order valence-electron chi connectivity index (χ0n) is 25.4. The normalized spacial score (nSPS) is 12.4. The maximum Gasteiger partial charge on any atom is 0.187 e. The van der Waals surface area contributed by atoms with E-state index in [9.17, 15) is 0 Å². The van der Waals surface area contributed by atoms with Gasteiger partial charge in [0.2, 0.25) is 0 Å². The molecule has 44 heavy (non-hydrogen) atoms. The number of ether oxygens (including phenoxy) is 4. The molecule has 0 amide bonds. The highest BCUT2D eigenvalue weighted by Crippen LogP contribution is 2.35. The van der Waals surface area contributed by atoms with Crippen LogP contribution in [0.25, 0.3) is 0 Å². The molecule has 0 fully saturated rings. The van der Waals surface area contributed by atoms with Crippen molar-refractivity contribution in [2.75, 3.05) is 20.7 Å². The molecule has 0 bridgehead atoms. The second-order valence-electron chi connectivity index (χ2n) is 11.1. The van der Waals surface area contributed by atoms with Crippen LogP contribution in [0.2, 0.25) is 0 Å². The summed E-state index contributed by atoms with van der Waals surface area (Å²) in [5.41, 5.74) is 8.20. The lowest BCUT2D eigenvalue weighted by molar-refractivity contribution is -0.498. The van der Waals surface area contributed by atoms with E-state index in [0.717, 1.165) is 64.6 Å². The van der Waals surface area contributed by atoms with Crippen molar-refractivity contribution in [2.45, 2.75) is 32.7 Å². The van der Waals surface area contributed by atoms with Crippen LogP contribution in [-0.2, 0) is 32.7 Å². The maximum absolute atomic E-state index is 6.44. The standard InChI is InChI=1S/C39H38NO4/c1-40-21-20-33-24-38(43-27-30-14-8-4-9-15-30)39(44-28-31-16-10-5-11-17-31)25-34(33)35(40)22-32-18-19-36(41-2)37(23-32)42-26-29-12-6-3-7-13-29/h3-19,23-25H,20-22,26-28H2,1-2H3/q+1. The predicted molar refractivity (Wildman–Crippen MR) is 174 cm³/mol. The Bertz CT molecular complexity index is 1720. The van der Waals surface area contributed by atoms with E-state index < -0.39 is 0 Å². The van der Waals surface area contributed by atoms with E-state index >= 15 is 0 Å². The van der Waals surface area contributed by atoms with E-state index in [2.05, 4.69) is 72.3 Å². The Labute approximate surface area is 259 Å². The third-order valence-corrected chi connectivity index (χ3v) is 7.97. The Morgan fingerprint density at radius 2 is 1.05 bits per heavy atom. The zero-order chi connectivity index (χ0) is 30.1. The van der Waals surface area contributed by atoms with Crippen LogP contribution in [0.15, 0.2) is 121 Å². The van der Waals surface area contributed by atoms with Crippen LogP contribution in [0.4, 0.5) is 0 Å². The van der Waals surface area contributed by atoms with Gasteiger partial charge in [-0.05, 0) is 52.1 Å². The second kappa shape index (κ2) is 14.0. The zero-order valence-corrected chi connectivity index (χ0v) is 25.4. The van der Waals surface area contributed by atoms with Gasteiger partial charge in [-0.3, -0.25) is 0 Å². The molecule has 0 spiro atoms. The highest BCUT2D eigenvalue weighted by atomic mass is 16.5. The Morgan fingerprint density at radius 1 is 0.545 bits per heavy atom. The van der Waals surface area contributed by atoms with Crippen LogP contribution in [0.1, 0.15) is 33.4 Å². The first-order chi connectivity index (χ1) is 21.7. The minimum absolute atomic E-state index is 0.465. The number of rotatable bonds is 12. The van der Waals surface area contributed by atoms with Crippen LogP contribution < -0.4 is 18.9 Å². The van der Waals surface area contributed by atoms with Crippen molar-refractivity contribution < 1.29 is 23.5 Å². The van der Waals surface area contributed by atoms with Gasteiger partial charge in [0.15, 0.2) is 28.7 Å². The fourth-order valence-electron chi connectivity index (χ4n) is 5.51. The molecule has 6 rings (SSSR count). The number of likely N-dealkylation sites (N-methyl/N-ethyl adjacent to an activating group) is 1. The van der Waals surface area contributed by atoms with E-state index in [1.807, 2.05) is 60.7 Å². The highest BCUT2D eigenvalue weighted by Gasteiger charge is 2.27. The molecule has 0 atom stereocenters.